The quantitative estimate of drug-likeness (QED) is 0.535. The lowest BCUT2D eigenvalue weighted by atomic mass is 10.1. The van der Waals surface area contributed by atoms with Crippen molar-refractivity contribution in [2.75, 3.05) is 6.79 Å². The molecule has 27 heavy (non-hydrogen) atoms. The van der Waals surface area contributed by atoms with Crippen molar-refractivity contribution in [1.82, 2.24) is 4.57 Å². The summed E-state index contributed by atoms with van der Waals surface area (Å²) < 4.78 is 13.8. The minimum absolute atomic E-state index is 0.180. The molecule has 6 heteroatoms. The number of carbonyl (C=O) groups is 1. The molecule has 5 rings (SSSR count). The number of amides is 1. The van der Waals surface area contributed by atoms with Gasteiger partial charge in [-0.25, -0.2) is 0 Å². The van der Waals surface area contributed by atoms with Crippen LogP contribution in [-0.4, -0.2) is 17.3 Å². The third-order valence-corrected chi connectivity index (χ3v) is 5.80. The average Bonchev–Trinajstić information content (AvgIpc) is 3.26. The van der Waals surface area contributed by atoms with Gasteiger partial charge in [-0.2, -0.15) is 4.99 Å². The maximum Gasteiger partial charge on any atom is 0.252 e. The van der Waals surface area contributed by atoms with Crippen LogP contribution in [0.5, 0.6) is 11.5 Å². The highest BCUT2D eigenvalue weighted by molar-refractivity contribution is 7.16. The van der Waals surface area contributed by atoms with Gasteiger partial charge >= 0.3 is 0 Å². The summed E-state index contributed by atoms with van der Waals surface area (Å²) in [6.45, 7) is 0.225. The third-order valence-electron chi connectivity index (χ3n) is 4.70. The molecular weight excluding hydrogens is 360 g/mol. The Morgan fingerprint density at radius 1 is 1.11 bits per heavy atom. The van der Waals surface area contributed by atoms with E-state index in [0.717, 1.165) is 15.8 Å². The molecule has 0 atom stereocenters. The molecule has 0 saturated heterocycles. The van der Waals surface area contributed by atoms with E-state index >= 15 is 0 Å². The van der Waals surface area contributed by atoms with Crippen molar-refractivity contribution in [2.24, 2.45) is 12.0 Å². The third kappa shape index (κ3) is 2.78. The number of nitrogens with zero attached hydrogens (tertiary/aromatic N) is 2. The lowest BCUT2D eigenvalue weighted by molar-refractivity contribution is -0.117. The molecule has 1 aromatic heterocycles. The van der Waals surface area contributed by atoms with E-state index in [0.29, 0.717) is 16.3 Å². The maximum absolute atomic E-state index is 12.5. The van der Waals surface area contributed by atoms with E-state index in [4.69, 9.17) is 9.47 Å². The largest absolute Gasteiger partial charge is 0.454 e. The molecule has 1 amide bonds. The fourth-order valence-corrected chi connectivity index (χ4v) is 4.45. The standard InChI is InChI=1S/C21H16N2O3S/c1-23-20-15-5-3-2-4-14(15)7-9-18(20)27-21(23)22-19(24)11-13-6-8-16-17(10-13)26-12-25-16/h2-10H,11-12H2,1H3. The normalized spacial score (nSPS) is 13.6. The van der Waals surface area contributed by atoms with Crippen LogP contribution in [0.25, 0.3) is 21.0 Å². The molecule has 0 unspecified atom stereocenters. The Morgan fingerprint density at radius 2 is 1.96 bits per heavy atom. The Balaban J connectivity index is 1.52. The Labute approximate surface area is 159 Å². The number of thiazole rings is 1. The summed E-state index contributed by atoms with van der Waals surface area (Å²) in [5.74, 6) is 1.21. The van der Waals surface area contributed by atoms with Gasteiger partial charge in [0, 0.05) is 12.4 Å². The van der Waals surface area contributed by atoms with Crippen molar-refractivity contribution in [2.45, 2.75) is 6.42 Å². The molecule has 0 spiro atoms. The van der Waals surface area contributed by atoms with Gasteiger partial charge in [0.1, 0.15) is 0 Å². The number of hydrogen-bond donors (Lipinski definition) is 0. The van der Waals surface area contributed by atoms with Crippen molar-refractivity contribution in [3.8, 4) is 11.5 Å². The predicted molar refractivity (Wildman–Crippen MR) is 105 cm³/mol. The van der Waals surface area contributed by atoms with Crippen molar-refractivity contribution < 1.29 is 14.3 Å². The van der Waals surface area contributed by atoms with Crippen molar-refractivity contribution in [3.05, 3.63) is 65.0 Å². The molecule has 0 aliphatic carbocycles. The highest BCUT2D eigenvalue weighted by atomic mass is 32.1. The van der Waals surface area contributed by atoms with Gasteiger partial charge in [0.05, 0.1) is 16.6 Å². The maximum atomic E-state index is 12.5. The van der Waals surface area contributed by atoms with Crippen LogP contribution in [0, 0.1) is 0 Å². The zero-order valence-corrected chi connectivity index (χ0v) is 15.5. The summed E-state index contributed by atoms with van der Waals surface area (Å²) in [6, 6.07) is 18.0. The Hall–Kier alpha value is -3.12. The van der Waals surface area contributed by atoms with Crippen LogP contribution in [0.2, 0.25) is 0 Å². The minimum atomic E-state index is -0.180. The molecule has 0 N–H and O–H groups in total. The van der Waals surface area contributed by atoms with E-state index in [1.165, 1.54) is 22.1 Å². The van der Waals surface area contributed by atoms with E-state index in [1.54, 1.807) is 0 Å². The van der Waals surface area contributed by atoms with E-state index in [9.17, 15) is 4.79 Å². The smallest absolute Gasteiger partial charge is 0.252 e. The van der Waals surface area contributed by atoms with Crippen LogP contribution in [0.1, 0.15) is 5.56 Å². The summed E-state index contributed by atoms with van der Waals surface area (Å²) in [4.78, 5) is 17.6. The SMILES string of the molecule is Cn1c(=NC(=O)Cc2ccc3c(c2)OCO3)sc2ccc3ccccc3c21. The zero-order chi connectivity index (χ0) is 18.4. The second-order valence-corrected chi connectivity index (χ2v) is 7.46. The van der Waals surface area contributed by atoms with Crippen molar-refractivity contribution in [1.29, 1.82) is 0 Å². The molecule has 0 fully saturated rings. The number of rotatable bonds is 2. The van der Waals surface area contributed by atoms with E-state index in [-0.39, 0.29) is 19.1 Å². The molecule has 1 aliphatic heterocycles. The number of carbonyl (C=O) groups excluding carboxylic acids is 1. The molecule has 0 radical (unpaired) electrons. The molecular formula is C21H16N2O3S. The number of fused-ring (bicyclic) bond motifs is 4. The van der Waals surface area contributed by atoms with Crippen LogP contribution in [0.4, 0.5) is 0 Å². The Bertz CT molecular complexity index is 1270. The predicted octanol–water partition coefficient (Wildman–Crippen LogP) is 3.79. The van der Waals surface area contributed by atoms with Gasteiger partial charge in [-0.15, -0.1) is 0 Å². The highest BCUT2D eigenvalue weighted by Gasteiger charge is 2.15. The molecule has 0 saturated carbocycles. The van der Waals surface area contributed by atoms with Crippen LogP contribution < -0.4 is 14.3 Å². The lowest BCUT2D eigenvalue weighted by Crippen LogP contribution is -2.14. The number of ether oxygens (including phenoxy) is 2. The molecule has 2 heterocycles. The van der Waals surface area contributed by atoms with Crippen LogP contribution in [0.3, 0.4) is 0 Å². The van der Waals surface area contributed by atoms with Gasteiger partial charge in [0.15, 0.2) is 16.3 Å². The van der Waals surface area contributed by atoms with E-state index in [2.05, 4.69) is 29.3 Å². The van der Waals surface area contributed by atoms with E-state index < -0.39 is 0 Å². The lowest BCUT2D eigenvalue weighted by Gasteiger charge is -2.02. The molecule has 0 bridgehead atoms. The second-order valence-electron chi connectivity index (χ2n) is 6.45. The monoisotopic (exact) mass is 376 g/mol. The van der Waals surface area contributed by atoms with E-state index in [1.807, 2.05) is 41.9 Å². The van der Waals surface area contributed by atoms with Crippen molar-refractivity contribution >= 4 is 38.2 Å². The molecule has 5 nitrogen and oxygen atoms in total. The first kappa shape index (κ1) is 16.1. The second kappa shape index (κ2) is 6.25. The van der Waals surface area contributed by atoms with Gasteiger partial charge in [0.25, 0.3) is 5.91 Å². The summed E-state index contributed by atoms with van der Waals surface area (Å²) >= 11 is 1.53. The topological polar surface area (TPSA) is 52.8 Å². The number of hydrogen-bond acceptors (Lipinski definition) is 4. The fraction of sp³-hybridized carbons (Fsp3) is 0.143. The van der Waals surface area contributed by atoms with Gasteiger partial charge in [-0.05, 0) is 29.1 Å². The minimum Gasteiger partial charge on any atom is -0.454 e. The summed E-state index contributed by atoms with van der Waals surface area (Å²) in [7, 11) is 1.96. The van der Waals surface area contributed by atoms with Gasteiger partial charge in [-0.1, -0.05) is 47.7 Å². The highest BCUT2D eigenvalue weighted by Crippen LogP contribution is 2.32. The summed E-state index contributed by atoms with van der Waals surface area (Å²) in [5, 5.41) is 2.34. The average molecular weight is 376 g/mol. The number of aromatic nitrogens is 1. The van der Waals surface area contributed by atoms with Crippen LogP contribution in [-0.2, 0) is 18.3 Å². The van der Waals surface area contributed by atoms with Crippen LogP contribution in [0.15, 0.2) is 59.6 Å². The van der Waals surface area contributed by atoms with Crippen LogP contribution >= 0.6 is 11.3 Å². The zero-order valence-electron chi connectivity index (χ0n) is 14.6. The molecule has 4 aromatic rings. The van der Waals surface area contributed by atoms with Crippen molar-refractivity contribution in [3.63, 3.8) is 0 Å². The summed E-state index contributed by atoms with van der Waals surface area (Å²) in [6.07, 6.45) is 0.228. The van der Waals surface area contributed by atoms with Gasteiger partial charge in [-0.3, -0.25) is 4.79 Å². The Morgan fingerprint density at radius 3 is 2.89 bits per heavy atom. The van der Waals surface area contributed by atoms with Gasteiger partial charge in [0.2, 0.25) is 6.79 Å². The molecule has 134 valence electrons. The fourth-order valence-electron chi connectivity index (χ4n) is 3.40. The number of benzene rings is 3. The first-order valence-corrected chi connectivity index (χ1v) is 9.44. The molecule has 3 aromatic carbocycles. The first-order chi connectivity index (χ1) is 13.2. The molecule has 1 aliphatic rings. The Kier molecular flexibility index (Phi) is 3.72. The number of aryl methyl sites for hydroxylation is 1. The first-order valence-electron chi connectivity index (χ1n) is 8.62. The summed E-state index contributed by atoms with van der Waals surface area (Å²) in [5.41, 5.74) is 1.97. The van der Waals surface area contributed by atoms with Gasteiger partial charge < -0.3 is 14.0 Å².